The highest BCUT2D eigenvalue weighted by Gasteiger charge is 2.05. The molecule has 2 N–H and O–H groups in total. The molecule has 2 rings (SSSR count). The highest BCUT2D eigenvalue weighted by Crippen LogP contribution is 2.12. The van der Waals surface area contributed by atoms with Crippen LogP contribution < -0.4 is 15.0 Å². The standard InChI is InChI=1S/C18H23FN2O2/c1-21(2)16-7-3-14(4-8-16)11-20-12-17(22)13-23-18-9-5-15(19)6-10-18/h3-10,17,20,22H,11-13H2,1-2H3. The molecule has 5 heteroatoms. The van der Waals surface area contributed by atoms with Crippen LogP contribution >= 0.6 is 0 Å². The number of anilines is 1. The summed E-state index contributed by atoms with van der Waals surface area (Å²) < 4.78 is 18.2. The van der Waals surface area contributed by atoms with Crippen LogP contribution in [0.4, 0.5) is 10.1 Å². The molecule has 1 atom stereocenters. The number of aliphatic hydroxyl groups excluding tert-OH is 1. The maximum Gasteiger partial charge on any atom is 0.123 e. The van der Waals surface area contributed by atoms with E-state index in [2.05, 4.69) is 29.6 Å². The minimum absolute atomic E-state index is 0.165. The highest BCUT2D eigenvalue weighted by molar-refractivity contribution is 5.45. The highest BCUT2D eigenvalue weighted by atomic mass is 19.1. The van der Waals surface area contributed by atoms with Gasteiger partial charge in [0.05, 0.1) is 0 Å². The Balaban J connectivity index is 1.68. The molecule has 0 bridgehead atoms. The average molecular weight is 318 g/mol. The number of nitrogens with one attached hydrogen (secondary N) is 1. The van der Waals surface area contributed by atoms with E-state index in [4.69, 9.17) is 4.74 Å². The molecule has 1 unspecified atom stereocenters. The maximum atomic E-state index is 12.8. The summed E-state index contributed by atoms with van der Waals surface area (Å²) in [6.07, 6.45) is -0.624. The van der Waals surface area contributed by atoms with Gasteiger partial charge in [-0.3, -0.25) is 0 Å². The molecule has 2 aromatic rings. The van der Waals surface area contributed by atoms with Crippen LogP contribution in [0, 0.1) is 5.82 Å². The maximum absolute atomic E-state index is 12.8. The second-order valence-electron chi connectivity index (χ2n) is 5.61. The number of rotatable bonds is 8. The lowest BCUT2D eigenvalue weighted by Crippen LogP contribution is -2.31. The van der Waals surface area contributed by atoms with E-state index in [1.165, 1.54) is 12.1 Å². The molecule has 0 aliphatic carbocycles. The zero-order valence-electron chi connectivity index (χ0n) is 13.5. The average Bonchev–Trinajstić information content (AvgIpc) is 2.55. The first-order valence-electron chi connectivity index (χ1n) is 7.58. The summed E-state index contributed by atoms with van der Waals surface area (Å²) in [6.45, 7) is 1.27. The summed E-state index contributed by atoms with van der Waals surface area (Å²) in [4.78, 5) is 2.05. The molecule has 0 radical (unpaired) electrons. The topological polar surface area (TPSA) is 44.7 Å². The molecular weight excluding hydrogens is 295 g/mol. The number of aliphatic hydroxyl groups is 1. The third kappa shape index (κ3) is 5.88. The van der Waals surface area contributed by atoms with Gasteiger partial charge in [0.25, 0.3) is 0 Å². The second kappa shape index (κ2) is 8.50. The van der Waals surface area contributed by atoms with Crippen LogP contribution in [0.2, 0.25) is 0 Å². The van der Waals surface area contributed by atoms with Crippen LogP contribution in [0.5, 0.6) is 5.75 Å². The Hall–Kier alpha value is -2.11. The fraction of sp³-hybridized carbons (Fsp3) is 0.333. The predicted molar refractivity (Wildman–Crippen MR) is 90.4 cm³/mol. The molecule has 0 saturated heterocycles. The van der Waals surface area contributed by atoms with E-state index < -0.39 is 6.10 Å². The molecule has 0 aromatic heterocycles. The molecule has 4 nitrogen and oxygen atoms in total. The van der Waals surface area contributed by atoms with Crippen molar-refractivity contribution in [2.24, 2.45) is 0 Å². The number of benzene rings is 2. The van der Waals surface area contributed by atoms with E-state index in [1.807, 2.05) is 19.0 Å². The number of halogens is 1. The zero-order valence-corrected chi connectivity index (χ0v) is 13.5. The van der Waals surface area contributed by atoms with E-state index in [1.54, 1.807) is 12.1 Å². The summed E-state index contributed by atoms with van der Waals surface area (Å²) in [5.41, 5.74) is 2.31. The molecule has 23 heavy (non-hydrogen) atoms. The molecule has 0 fully saturated rings. The Morgan fingerprint density at radius 1 is 1.09 bits per heavy atom. The van der Waals surface area contributed by atoms with Gasteiger partial charge >= 0.3 is 0 Å². The quantitative estimate of drug-likeness (QED) is 0.785. The van der Waals surface area contributed by atoms with Crippen LogP contribution in [0.3, 0.4) is 0 Å². The first-order valence-corrected chi connectivity index (χ1v) is 7.58. The molecule has 124 valence electrons. The van der Waals surface area contributed by atoms with Gasteiger partial charge in [0, 0.05) is 32.9 Å². The Kier molecular flexibility index (Phi) is 6.38. The van der Waals surface area contributed by atoms with Crippen molar-refractivity contribution in [3.05, 3.63) is 59.9 Å². The number of nitrogens with zero attached hydrogens (tertiary/aromatic N) is 1. The Labute approximate surface area is 136 Å². The van der Waals surface area contributed by atoms with Gasteiger partial charge in [-0.1, -0.05) is 12.1 Å². The van der Waals surface area contributed by atoms with Crippen molar-refractivity contribution >= 4 is 5.69 Å². The molecule has 0 spiro atoms. The number of hydrogen-bond acceptors (Lipinski definition) is 4. The van der Waals surface area contributed by atoms with E-state index >= 15 is 0 Å². The van der Waals surface area contributed by atoms with Gasteiger partial charge in [-0.25, -0.2) is 4.39 Å². The normalized spacial score (nSPS) is 12.0. The van der Waals surface area contributed by atoms with E-state index in [-0.39, 0.29) is 12.4 Å². The SMILES string of the molecule is CN(C)c1ccc(CNCC(O)COc2ccc(F)cc2)cc1. The smallest absolute Gasteiger partial charge is 0.123 e. The number of hydrogen-bond donors (Lipinski definition) is 2. The molecule has 0 aliphatic rings. The van der Waals surface area contributed by atoms with E-state index in [0.717, 1.165) is 11.3 Å². The van der Waals surface area contributed by atoms with E-state index in [0.29, 0.717) is 18.8 Å². The van der Waals surface area contributed by atoms with Gasteiger partial charge in [0.1, 0.15) is 24.3 Å². The van der Waals surface area contributed by atoms with Crippen molar-refractivity contribution in [1.82, 2.24) is 5.32 Å². The van der Waals surface area contributed by atoms with Crippen molar-refractivity contribution in [1.29, 1.82) is 0 Å². The minimum Gasteiger partial charge on any atom is -0.491 e. The van der Waals surface area contributed by atoms with Crippen molar-refractivity contribution < 1.29 is 14.2 Å². The third-order valence-electron chi connectivity index (χ3n) is 3.42. The summed E-state index contributed by atoms with van der Waals surface area (Å²) in [7, 11) is 4.01. The van der Waals surface area contributed by atoms with Crippen LogP contribution in [0.15, 0.2) is 48.5 Å². The molecule has 2 aromatic carbocycles. The predicted octanol–water partition coefficient (Wildman–Crippen LogP) is 2.42. The van der Waals surface area contributed by atoms with Crippen LogP contribution in [-0.2, 0) is 6.54 Å². The largest absolute Gasteiger partial charge is 0.491 e. The van der Waals surface area contributed by atoms with Crippen molar-refractivity contribution in [2.75, 3.05) is 32.1 Å². The van der Waals surface area contributed by atoms with Crippen LogP contribution in [0.25, 0.3) is 0 Å². The van der Waals surface area contributed by atoms with Crippen LogP contribution in [-0.4, -0.2) is 38.5 Å². The molecule has 0 heterocycles. The van der Waals surface area contributed by atoms with Gasteiger partial charge in [-0.05, 0) is 42.0 Å². The summed E-state index contributed by atoms with van der Waals surface area (Å²) >= 11 is 0. The van der Waals surface area contributed by atoms with Crippen molar-refractivity contribution in [2.45, 2.75) is 12.6 Å². The van der Waals surface area contributed by atoms with Gasteiger partial charge < -0.3 is 20.1 Å². The molecular formula is C18H23FN2O2. The number of ether oxygens (including phenoxy) is 1. The van der Waals surface area contributed by atoms with Gasteiger partial charge in [0.15, 0.2) is 0 Å². The third-order valence-corrected chi connectivity index (χ3v) is 3.42. The Morgan fingerprint density at radius 3 is 2.35 bits per heavy atom. The Morgan fingerprint density at radius 2 is 1.74 bits per heavy atom. The monoisotopic (exact) mass is 318 g/mol. The van der Waals surface area contributed by atoms with E-state index in [9.17, 15) is 9.50 Å². The molecule has 0 amide bonds. The summed E-state index contributed by atoms with van der Waals surface area (Å²) in [5.74, 6) is 0.240. The Bertz CT molecular complexity index is 585. The minimum atomic E-state index is -0.624. The van der Waals surface area contributed by atoms with Gasteiger partial charge in [0.2, 0.25) is 0 Å². The second-order valence-corrected chi connectivity index (χ2v) is 5.61. The fourth-order valence-corrected chi connectivity index (χ4v) is 2.08. The lowest BCUT2D eigenvalue weighted by atomic mass is 10.2. The lowest BCUT2D eigenvalue weighted by molar-refractivity contribution is 0.106. The molecule has 0 aliphatic heterocycles. The lowest BCUT2D eigenvalue weighted by Gasteiger charge is -2.14. The summed E-state index contributed by atoms with van der Waals surface area (Å²) in [5, 5.41) is 13.1. The first kappa shape index (κ1) is 17.2. The summed E-state index contributed by atoms with van der Waals surface area (Å²) in [6, 6.07) is 14.0. The van der Waals surface area contributed by atoms with Crippen molar-refractivity contribution in [3.8, 4) is 5.75 Å². The molecule has 0 saturated carbocycles. The van der Waals surface area contributed by atoms with Crippen LogP contribution in [0.1, 0.15) is 5.56 Å². The first-order chi connectivity index (χ1) is 11.0. The van der Waals surface area contributed by atoms with Crippen molar-refractivity contribution in [3.63, 3.8) is 0 Å². The van der Waals surface area contributed by atoms with Gasteiger partial charge in [-0.15, -0.1) is 0 Å². The zero-order chi connectivity index (χ0) is 16.7. The van der Waals surface area contributed by atoms with Gasteiger partial charge in [-0.2, -0.15) is 0 Å². The fourth-order valence-electron chi connectivity index (χ4n) is 2.08.